The second-order valence-corrected chi connectivity index (χ2v) is 4.94. The third-order valence-corrected chi connectivity index (χ3v) is 3.80. The quantitative estimate of drug-likeness (QED) is 0.574. The largest absolute Gasteiger partial charge is 0.456 e. The lowest BCUT2D eigenvalue weighted by molar-refractivity contribution is 0.471. The minimum Gasteiger partial charge on any atom is -0.456 e. The molecule has 0 aromatic heterocycles. The van der Waals surface area contributed by atoms with Crippen LogP contribution < -0.4 is 4.74 Å². The van der Waals surface area contributed by atoms with Crippen LogP contribution in [-0.2, 0) is 5.33 Å². The van der Waals surface area contributed by atoms with Crippen molar-refractivity contribution >= 4 is 27.7 Å². The standard InChI is InChI=1S/C14H13BrOS/c1-17-14-5-3-2-4-13(14)16-12-8-6-11(10-15)7-9-12/h2-9H,10H2,1H3. The lowest BCUT2D eigenvalue weighted by atomic mass is 10.2. The lowest BCUT2D eigenvalue weighted by Crippen LogP contribution is -1.86. The van der Waals surface area contributed by atoms with Gasteiger partial charge in [-0.3, -0.25) is 0 Å². The Morgan fingerprint density at radius 3 is 2.41 bits per heavy atom. The van der Waals surface area contributed by atoms with Gasteiger partial charge in [-0.05, 0) is 36.1 Å². The molecule has 0 aliphatic heterocycles. The zero-order valence-corrected chi connectivity index (χ0v) is 11.9. The predicted molar refractivity (Wildman–Crippen MR) is 77.4 cm³/mol. The second-order valence-electron chi connectivity index (χ2n) is 3.53. The van der Waals surface area contributed by atoms with Crippen LogP contribution in [0.15, 0.2) is 53.4 Å². The molecule has 0 N–H and O–H groups in total. The fourth-order valence-electron chi connectivity index (χ4n) is 1.48. The third kappa shape index (κ3) is 3.27. The molecule has 0 aliphatic rings. The fraction of sp³-hybridized carbons (Fsp3) is 0.143. The molecule has 0 radical (unpaired) electrons. The zero-order valence-electron chi connectivity index (χ0n) is 9.52. The highest BCUT2D eigenvalue weighted by atomic mass is 79.9. The average Bonchev–Trinajstić information content (AvgIpc) is 2.40. The Bertz CT molecular complexity index is 482. The minimum atomic E-state index is 0.870. The van der Waals surface area contributed by atoms with Crippen molar-refractivity contribution < 1.29 is 4.74 Å². The first-order valence-corrected chi connectivity index (χ1v) is 7.64. The summed E-state index contributed by atoms with van der Waals surface area (Å²) in [6.45, 7) is 0. The number of thioether (sulfide) groups is 1. The van der Waals surface area contributed by atoms with Crippen molar-refractivity contribution in [1.29, 1.82) is 0 Å². The van der Waals surface area contributed by atoms with Gasteiger partial charge in [0.1, 0.15) is 11.5 Å². The van der Waals surface area contributed by atoms with E-state index in [0.717, 1.165) is 21.7 Å². The Morgan fingerprint density at radius 2 is 1.76 bits per heavy atom. The van der Waals surface area contributed by atoms with Crippen LogP contribution >= 0.6 is 27.7 Å². The molecule has 0 fully saturated rings. The number of rotatable bonds is 4. The molecule has 0 heterocycles. The smallest absolute Gasteiger partial charge is 0.140 e. The van der Waals surface area contributed by atoms with E-state index < -0.39 is 0 Å². The molecule has 0 atom stereocenters. The Balaban J connectivity index is 2.19. The first-order chi connectivity index (χ1) is 8.33. The fourth-order valence-corrected chi connectivity index (χ4v) is 2.38. The first-order valence-electron chi connectivity index (χ1n) is 5.29. The summed E-state index contributed by atoms with van der Waals surface area (Å²) in [5.41, 5.74) is 1.25. The van der Waals surface area contributed by atoms with E-state index >= 15 is 0 Å². The van der Waals surface area contributed by atoms with Crippen LogP contribution in [0, 0.1) is 0 Å². The summed E-state index contributed by atoms with van der Waals surface area (Å²) in [6, 6.07) is 16.2. The molecule has 0 aliphatic carbocycles. The van der Waals surface area contributed by atoms with Crippen molar-refractivity contribution in [3.8, 4) is 11.5 Å². The molecule has 17 heavy (non-hydrogen) atoms. The molecule has 0 amide bonds. The number of hydrogen-bond donors (Lipinski definition) is 0. The van der Waals surface area contributed by atoms with E-state index in [1.165, 1.54) is 5.56 Å². The third-order valence-electron chi connectivity index (χ3n) is 2.37. The summed E-state index contributed by atoms with van der Waals surface area (Å²) in [5, 5.41) is 0.870. The van der Waals surface area contributed by atoms with Gasteiger partial charge in [0.2, 0.25) is 0 Å². The van der Waals surface area contributed by atoms with Gasteiger partial charge in [-0.1, -0.05) is 40.2 Å². The van der Waals surface area contributed by atoms with Gasteiger partial charge in [0, 0.05) is 10.2 Å². The van der Waals surface area contributed by atoms with Gasteiger partial charge in [0.05, 0.1) is 0 Å². The maximum Gasteiger partial charge on any atom is 0.140 e. The molecule has 0 spiro atoms. The molecule has 2 aromatic carbocycles. The molecule has 2 aromatic rings. The highest BCUT2D eigenvalue weighted by molar-refractivity contribution is 9.08. The van der Waals surface area contributed by atoms with Crippen molar-refractivity contribution in [3.63, 3.8) is 0 Å². The molecule has 0 unspecified atom stereocenters. The molecule has 1 nitrogen and oxygen atoms in total. The van der Waals surface area contributed by atoms with Gasteiger partial charge >= 0.3 is 0 Å². The van der Waals surface area contributed by atoms with Crippen LogP contribution in [-0.4, -0.2) is 6.26 Å². The number of hydrogen-bond acceptors (Lipinski definition) is 2. The van der Waals surface area contributed by atoms with Crippen molar-refractivity contribution in [2.75, 3.05) is 6.26 Å². The molecule has 0 bridgehead atoms. The number of para-hydroxylation sites is 1. The maximum atomic E-state index is 5.86. The number of alkyl halides is 1. The number of benzene rings is 2. The van der Waals surface area contributed by atoms with Gasteiger partial charge in [0.25, 0.3) is 0 Å². The lowest BCUT2D eigenvalue weighted by Gasteiger charge is -2.09. The van der Waals surface area contributed by atoms with Crippen molar-refractivity contribution in [3.05, 3.63) is 54.1 Å². The van der Waals surface area contributed by atoms with Crippen LogP contribution in [0.25, 0.3) is 0 Å². The summed E-state index contributed by atoms with van der Waals surface area (Å²) < 4.78 is 5.86. The van der Waals surface area contributed by atoms with Crippen molar-refractivity contribution in [1.82, 2.24) is 0 Å². The Labute approximate surface area is 114 Å². The average molecular weight is 309 g/mol. The maximum absolute atomic E-state index is 5.86. The van der Waals surface area contributed by atoms with Crippen LogP contribution in [0.3, 0.4) is 0 Å². The van der Waals surface area contributed by atoms with Gasteiger partial charge in [0.15, 0.2) is 0 Å². The molecule has 0 saturated heterocycles. The second kappa shape index (κ2) is 6.12. The van der Waals surface area contributed by atoms with E-state index in [-0.39, 0.29) is 0 Å². The Kier molecular flexibility index (Phi) is 4.51. The summed E-state index contributed by atoms with van der Waals surface area (Å²) in [6.07, 6.45) is 2.05. The molecule has 88 valence electrons. The van der Waals surface area contributed by atoms with Crippen LogP contribution in [0.5, 0.6) is 11.5 Å². The summed E-state index contributed by atoms with van der Waals surface area (Å²) in [5.74, 6) is 1.78. The van der Waals surface area contributed by atoms with E-state index in [4.69, 9.17) is 4.74 Å². The predicted octanol–water partition coefficient (Wildman–Crippen LogP) is 5.10. The Hall–Kier alpha value is -0.930. The zero-order chi connectivity index (χ0) is 12.1. The van der Waals surface area contributed by atoms with E-state index in [2.05, 4.69) is 40.4 Å². The van der Waals surface area contributed by atoms with Gasteiger partial charge in [-0.2, -0.15) is 0 Å². The summed E-state index contributed by atoms with van der Waals surface area (Å²) >= 11 is 5.12. The van der Waals surface area contributed by atoms with Crippen molar-refractivity contribution in [2.45, 2.75) is 10.2 Å². The monoisotopic (exact) mass is 308 g/mol. The van der Waals surface area contributed by atoms with Gasteiger partial charge in [-0.15, -0.1) is 11.8 Å². The van der Waals surface area contributed by atoms with E-state index in [9.17, 15) is 0 Å². The van der Waals surface area contributed by atoms with Gasteiger partial charge in [-0.25, -0.2) is 0 Å². The molecule has 2 rings (SSSR count). The summed E-state index contributed by atoms with van der Waals surface area (Å²) in [4.78, 5) is 1.15. The molecular weight excluding hydrogens is 296 g/mol. The molecular formula is C14H13BrOS. The molecule has 3 heteroatoms. The van der Waals surface area contributed by atoms with Crippen LogP contribution in [0.1, 0.15) is 5.56 Å². The SMILES string of the molecule is CSc1ccccc1Oc1ccc(CBr)cc1. The van der Waals surface area contributed by atoms with Crippen LogP contribution in [0.2, 0.25) is 0 Å². The minimum absolute atomic E-state index is 0.870. The normalized spacial score (nSPS) is 10.2. The van der Waals surface area contributed by atoms with Crippen LogP contribution in [0.4, 0.5) is 0 Å². The highest BCUT2D eigenvalue weighted by Crippen LogP contribution is 2.31. The topological polar surface area (TPSA) is 9.23 Å². The highest BCUT2D eigenvalue weighted by Gasteiger charge is 2.02. The molecule has 0 saturated carbocycles. The van der Waals surface area contributed by atoms with E-state index in [1.807, 2.05) is 30.3 Å². The Morgan fingerprint density at radius 1 is 1.06 bits per heavy atom. The van der Waals surface area contributed by atoms with Crippen molar-refractivity contribution in [2.24, 2.45) is 0 Å². The van der Waals surface area contributed by atoms with E-state index in [0.29, 0.717) is 0 Å². The first kappa shape index (κ1) is 12.5. The summed E-state index contributed by atoms with van der Waals surface area (Å²) in [7, 11) is 0. The number of halogens is 1. The number of ether oxygens (including phenoxy) is 1. The van der Waals surface area contributed by atoms with Gasteiger partial charge < -0.3 is 4.74 Å². The van der Waals surface area contributed by atoms with E-state index in [1.54, 1.807) is 11.8 Å².